The van der Waals surface area contributed by atoms with Crippen molar-refractivity contribution in [1.29, 1.82) is 0 Å². The zero-order valence-corrected chi connectivity index (χ0v) is 15.0. The fourth-order valence-electron chi connectivity index (χ4n) is 6.98. The zero-order valence-electron chi connectivity index (χ0n) is 15.0. The molecule has 0 radical (unpaired) electrons. The molecular formula is C20H29FO3. The number of alkyl halides is 1. The van der Waals surface area contributed by atoms with Crippen molar-refractivity contribution < 1.29 is 19.1 Å². The molecule has 0 heterocycles. The molecule has 0 aromatic rings. The van der Waals surface area contributed by atoms with E-state index < -0.39 is 22.1 Å². The predicted octanol–water partition coefficient (Wildman–Crippen LogP) is 3.62. The molecular weight excluding hydrogens is 307 g/mol. The van der Waals surface area contributed by atoms with Gasteiger partial charge in [-0.1, -0.05) is 13.8 Å². The minimum atomic E-state index is -1.82. The van der Waals surface area contributed by atoms with Crippen LogP contribution in [0.3, 0.4) is 0 Å². The van der Waals surface area contributed by atoms with Crippen molar-refractivity contribution in [2.24, 2.45) is 28.6 Å². The largest absolute Gasteiger partial charge is 0.390 e. The standard InChI is InChI=1S/C20H29FO3/c1-17-8-6-13(22)10-12(17)4-5-15-14-7-9-19(3,24)18(14,2)11-16(23)20(15,17)21/h12,14-15,24H,4-11H2,1-3H3/t12-,14+,15-,17-,18+,19-,20-/m1/s1. The Hall–Kier alpha value is -0.770. The van der Waals surface area contributed by atoms with Crippen molar-refractivity contribution >= 4 is 11.6 Å². The lowest BCUT2D eigenvalue weighted by molar-refractivity contribution is -0.205. The summed E-state index contributed by atoms with van der Waals surface area (Å²) in [5, 5.41) is 10.9. The molecule has 0 aromatic carbocycles. The van der Waals surface area contributed by atoms with Crippen LogP contribution in [0, 0.1) is 28.6 Å². The van der Waals surface area contributed by atoms with Crippen LogP contribution in [0.4, 0.5) is 4.39 Å². The van der Waals surface area contributed by atoms with Gasteiger partial charge in [-0.3, -0.25) is 9.59 Å². The van der Waals surface area contributed by atoms with Crippen molar-refractivity contribution in [3.05, 3.63) is 0 Å². The summed E-state index contributed by atoms with van der Waals surface area (Å²) in [6, 6.07) is 0. The van der Waals surface area contributed by atoms with E-state index >= 15 is 4.39 Å². The number of carbonyl (C=O) groups excluding carboxylic acids is 2. The van der Waals surface area contributed by atoms with Gasteiger partial charge in [0.1, 0.15) is 5.78 Å². The second-order valence-corrected chi connectivity index (χ2v) is 9.69. The first-order valence-electron chi connectivity index (χ1n) is 9.52. The molecule has 4 aliphatic carbocycles. The van der Waals surface area contributed by atoms with Gasteiger partial charge in [0.25, 0.3) is 0 Å². The van der Waals surface area contributed by atoms with E-state index in [2.05, 4.69) is 0 Å². The van der Waals surface area contributed by atoms with Crippen LogP contribution in [0.5, 0.6) is 0 Å². The molecule has 4 fully saturated rings. The molecule has 0 bridgehead atoms. The molecule has 1 N–H and O–H groups in total. The van der Waals surface area contributed by atoms with Gasteiger partial charge >= 0.3 is 0 Å². The number of fused-ring (bicyclic) bond motifs is 5. The summed E-state index contributed by atoms with van der Waals surface area (Å²) in [5.74, 6) is -0.334. The fraction of sp³-hybridized carbons (Fsp3) is 0.900. The minimum Gasteiger partial charge on any atom is -0.390 e. The van der Waals surface area contributed by atoms with E-state index in [0.29, 0.717) is 32.1 Å². The third-order valence-corrected chi connectivity index (χ3v) is 8.88. The molecule has 0 spiro atoms. The first-order valence-corrected chi connectivity index (χ1v) is 9.52. The van der Waals surface area contributed by atoms with E-state index in [-0.39, 0.29) is 35.7 Å². The molecule has 4 saturated carbocycles. The molecule has 7 atom stereocenters. The Kier molecular flexibility index (Phi) is 3.26. The van der Waals surface area contributed by atoms with Gasteiger partial charge in [0.15, 0.2) is 11.5 Å². The average molecular weight is 336 g/mol. The average Bonchev–Trinajstić information content (AvgIpc) is 2.72. The van der Waals surface area contributed by atoms with Gasteiger partial charge in [0.05, 0.1) is 5.60 Å². The summed E-state index contributed by atoms with van der Waals surface area (Å²) in [7, 11) is 0. The highest BCUT2D eigenvalue weighted by Crippen LogP contribution is 2.69. The zero-order chi connectivity index (χ0) is 17.5. The monoisotopic (exact) mass is 336 g/mol. The van der Waals surface area contributed by atoms with Crippen LogP contribution in [-0.2, 0) is 9.59 Å². The second kappa shape index (κ2) is 4.69. The number of hydrogen-bond acceptors (Lipinski definition) is 3. The van der Waals surface area contributed by atoms with E-state index in [1.165, 1.54) is 0 Å². The van der Waals surface area contributed by atoms with E-state index in [0.717, 1.165) is 12.8 Å². The Labute approximate surface area is 143 Å². The Morgan fingerprint density at radius 3 is 2.42 bits per heavy atom. The molecule has 0 aliphatic heterocycles. The maximum atomic E-state index is 16.6. The molecule has 4 rings (SSSR count). The number of hydrogen-bond donors (Lipinski definition) is 1. The summed E-state index contributed by atoms with van der Waals surface area (Å²) < 4.78 is 16.6. The number of carbonyl (C=O) groups is 2. The number of halogens is 1. The fourth-order valence-corrected chi connectivity index (χ4v) is 6.98. The molecule has 0 saturated heterocycles. The van der Waals surface area contributed by atoms with Gasteiger partial charge in [0.2, 0.25) is 0 Å². The Morgan fingerprint density at radius 1 is 1.00 bits per heavy atom. The van der Waals surface area contributed by atoms with Crippen LogP contribution >= 0.6 is 0 Å². The predicted molar refractivity (Wildman–Crippen MR) is 88.1 cm³/mol. The van der Waals surface area contributed by atoms with Gasteiger partial charge in [-0.15, -0.1) is 0 Å². The number of ketones is 2. The molecule has 4 heteroatoms. The van der Waals surface area contributed by atoms with Crippen LogP contribution in [0.2, 0.25) is 0 Å². The van der Waals surface area contributed by atoms with Crippen molar-refractivity contribution in [2.45, 2.75) is 83.4 Å². The summed E-state index contributed by atoms with van der Waals surface area (Å²) in [5.41, 5.74) is -3.94. The topological polar surface area (TPSA) is 54.4 Å². The lowest BCUT2D eigenvalue weighted by Crippen LogP contribution is -2.68. The van der Waals surface area contributed by atoms with Gasteiger partial charge < -0.3 is 5.11 Å². The lowest BCUT2D eigenvalue weighted by atomic mass is 9.42. The Bertz CT molecular complexity index is 614. The molecule has 3 nitrogen and oxygen atoms in total. The minimum absolute atomic E-state index is 0.00443. The summed E-state index contributed by atoms with van der Waals surface area (Å²) >= 11 is 0. The highest BCUT2D eigenvalue weighted by atomic mass is 19.1. The number of rotatable bonds is 0. The summed E-state index contributed by atoms with van der Waals surface area (Å²) in [6.45, 7) is 5.73. The van der Waals surface area contributed by atoms with Crippen LogP contribution < -0.4 is 0 Å². The van der Waals surface area contributed by atoms with Gasteiger partial charge in [-0.2, -0.15) is 0 Å². The van der Waals surface area contributed by atoms with Crippen molar-refractivity contribution in [1.82, 2.24) is 0 Å². The van der Waals surface area contributed by atoms with Crippen molar-refractivity contribution in [3.63, 3.8) is 0 Å². The third kappa shape index (κ3) is 1.71. The summed E-state index contributed by atoms with van der Waals surface area (Å²) in [6.07, 6.45) is 4.41. The lowest BCUT2D eigenvalue weighted by Gasteiger charge is -2.62. The third-order valence-electron chi connectivity index (χ3n) is 8.88. The van der Waals surface area contributed by atoms with Gasteiger partial charge in [0, 0.05) is 36.0 Å². The normalized spacial score (nSPS) is 57.3. The smallest absolute Gasteiger partial charge is 0.177 e. The molecule has 0 unspecified atom stereocenters. The molecule has 4 aliphatic rings. The quantitative estimate of drug-likeness (QED) is 0.735. The highest BCUT2D eigenvalue weighted by Gasteiger charge is 2.73. The first kappa shape index (κ1) is 16.7. The van der Waals surface area contributed by atoms with Crippen LogP contribution in [0.25, 0.3) is 0 Å². The van der Waals surface area contributed by atoms with Crippen LogP contribution in [0.15, 0.2) is 0 Å². The van der Waals surface area contributed by atoms with Crippen LogP contribution in [0.1, 0.15) is 72.1 Å². The van der Waals surface area contributed by atoms with Crippen molar-refractivity contribution in [2.75, 3.05) is 0 Å². The Morgan fingerprint density at radius 2 is 1.71 bits per heavy atom. The maximum absolute atomic E-state index is 16.6. The number of Topliss-reactive ketones (excluding diaryl/α,β-unsaturated/α-hetero) is 2. The van der Waals surface area contributed by atoms with E-state index in [9.17, 15) is 14.7 Å². The second-order valence-electron chi connectivity index (χ2n) is 9.69. The van der Waals surface area contributed by atoms with E-state index in [1.807, 2.05) is 20.8 Å². The number of aliphatic hydroxyl groups is 1. The molecule has 24 heavy (non-hydrogen) atoms. The Balaban J connectivity index is 1.79. The van der Waals surface area contributed by atoms with E-state index in [4.69, 9.17) is 0 Å². The van der Waals surface area contributed by atoms with Gasteiger partial charge in [-0.25, -0.2) is 4.39 Å². The maximum Gasteiger partial charge on any atom is 0.177 e. The van der Waals surface area contributed by atoms with Crippen LogP contribution in [-0.4, -0.2) is 27.9 Å². The van der Waals surface area contributed by atoms with E-state index in [1.54, 1.807) is 0 Å². The summed E-state index contributed by atoms with van der Waals surface area (Å²) in [4.78, 5) is 25.0. The molecule has 0 aromatic heterocycles. The SMILES string of the molecule is C[C@]12CC(=O)[C@]3(F)[C@H](CC[C@@H]4CC(=O)CC[C@]43C)[C@@H]1CC[C@@]2(C)O. The van der Waals surface area contributed by atoms with Gasteiger partial charge in [-0.05, 0) is 50.9 Å². The van der Waals surface area contributed by atoms with Crippen molar-refractivity contribution in [3.8, 4) is 0 Å². The molecule has 0 amide bonds. The highest BCUT2D eigenvalue weighted by molar-refractivity contribution is 5.91. The molecule has 134 valence electrons. The first-order chi connectivity index (χ1) is 11.1.